The maximum atomic E-state index is 11.5. The molecule has 174 valence electrons. The first-order valence-electron chi connectivity index (χ1n) is 10.3. The summed E-state index contributed by atoms with van der Waals surface area (Å²) in [6.45, 7) is 1.79. The lowest BCUT2D eigenvalue weighted by molar-refractivity contribution is -0.479. The molecule has 0 radical (unpaired) electrons. The van der Waals surface area contributed by atoms with Crippen molar-refractivity contribution in [3.8, 4) is 11.4 Å². The molecule has 0 saturated carbocycles. The van der Waals surface area contributed by atoms with Crippen LogP contribution in [0, 0.1) is 17.0 Å². The number of halogens is 2. The molecule has 1 aromatic heterocycles. The first kappa shape index (κ1) is 24.1. The van der Waals surface area contributed by atoms with Crippen LogP contribution < -0.4 is 4.74 Å². The van der Waals surface area contributed by atoms with Crippen molar-refractivity contribution >= 4 is 35.0 Å². The third-order valence-electron chi connectivity index (χ3n) is 5.04. The largest absolute Gasteiger partial charge is 0.487 e. The highest BCUT2D eigenvalue weighted by Crippen LogP contribution is 2.38. The first-order valence-corrected chi connectivity index (χ1v) is 12.0. The molecule has 1 heterocycles. The molecule has 0 unspecified atom stereocenters. The van der Waals surface area contributed by atoms with Gasteiger partial charge < -0.3 is 4.74 Å². The van der Waals surface area contributed by atoms with E-state index in [0.717, 1.165) is 11.3 Å². The van der Waals surface area contributed by atoms with Gasteiger partial charge in [-0.05, 0) is 42.8 Å². The third-order valence-corrected chi connectivity index (χ3v) is 6.89. The van der Waals surface area contributed by atoms with E-state index in [-0.39, 0.29) is 18.1 Å². The minimum atomic E-state index is -0.531. The first-order chi connectivity index (χ1) is 16.4. The number of nitrogens with zero attached hydrogens (tertiary/aromatic N) is 4. The molecule has 0 spiro atoms. The minimum Gasteiger partial charge on any atom is -0.487 e. The van der Waals surface area contributed by atoms with Gasteiger partial charge in [-0.3, -0.25) is 14.7 Å². The highest BCUT2D eigenvalue weighted by Gasteiger charge is 2.24. The molecule has 0 aliphatic rings. The van der Waals surface area contributed by atoms with Gasteiger partial charge in [-0.2, -0.15) is 0 Å². The zero-order chi connectivity index (χ0) is 24.1. The van der Waals surface area contributed by atoms with Gasteiger partial charge in [0, 0.05) is 21.2 Å². The number of aryl methyl sites for hydroxylation is 1. The van der Waals surface area contributed by atoms with E-state index in [2.05, 4.69) is 10.2 Å². The summed E-state index contributed by atoms with van der Waals surface area (Å²) in [4.78, 5) is 11.1. The van der Waals surface area contributed by atoms with Gasteiger partial charge in [0.25, 0.3) is 0 Å². The Morgan fingerprint density at radius 2 is 1.76 bits per heavy atom. The second-order valence-electron chi connectivity index (χ2n) is 7.39. The average molecular weight is 515 g/mol. The van der Waals surface area contributed by atoms with Crippen LogP contribution in [0.25, 0.3) is 5.69 Å². The number of hydrogen-bond donors (Lipinski definition) is 0. The summed E-state index contributed by atoms with van der Waals surface area (Å²) >= 11 is 13.9. The number of ether oxygens (including phenoxy) is 1. The molecule has 1 atom stereocenters. The van der Waals surface area contributed by atoms with Crippen molar-refractivity contribution in [2.75, 3.05) is 6.54 Å². The Hall–Kier alpha value is -3.07. The molecule has 0 fully saturated rings. The standard InChI is InChI=1S/C24H20Cl2N4O3S/c1-16-27-28-24(30(16)19-8-3-2-4-9-19)34-23(14-29(31)32)17-11-12-22(21(26)13-17)33-15-18-7-5-6-10-20(18)25/h2-13,23H,14-15H2,1H3/t23-/m1/s1. The Morgan fingerprint density at radius 3 is 2.47 bits per heavy atom. The highest BCUT2D eigenvalue weighted by atomic mass is 35.5. The SMILES string of the molecule is Cc1nnc(S[C@H](C[N+](=O)[O-])c2ccc(OCc3ccccc3Cl)c(Cl)c2)n1-c1ccccc1. The van der Waals surface area contributed by atoms with Crippen LogP contribution in [0.2, 0.25) is 10.0 Å². The number of hydrogen-bond acceptors (Lipinski definition) is 6. The van der Waals surface area contributed by atoms with Crippen molar-refractivity contribution in [1.82, 2.24) is 14.8 Å². The smallest absolute Gasteiger partial charge is 0.220 e. The molecule has 10 heteroatoms. The molecule has 0 bridgehead atoms. The van der Waals surface area contributed by atoms with E-state index in [1.807, 2.05) is 60.0 Å². The number of para-hydroxylation sites is 1. The Kier molecular flexibility index (Phi) is 7.72. The number of benzene rings is 3. The van der Waals surface area contributed by atoms with Gasteiger partial charge in [0.05, 0.1) is 5.02 Å². The quantitative estimate of drug-likeness (QED) is 0.142. The lowest BCUT2D eigenvalue weighted by atomic mass is 10.1. The molecule has 0 N–H and O–H groups in total. The van der Waals surface area contributed by atoms with E-state index in [1.165, 1.54) is 11.8 Å². The number of nitro groups is 1. The van der Waals surface area contributed by atoms with Gasteiger partial charge in [-0.25, -0.2) is 0 Å². The van der Waals surface area contributed by atoms with Crippen LogP contribution in [0.5, 0.6) is 5.75 Å². The molecule has 34 heavy (non-hydrogen) atoms. The summed E-state index contributed by atoms with van der Waals surface area (Å²) in [5.74, 6) is 1.16. The second-order valence-corrected chi connectivity index (χ2v) is 9.38. The van der Waals surface area contributed by atoms with Crippen molar-refractivity contribution in [2.45, 2.75) is 23.9 Å². The van der Waals surface area contributed by atoms with Gasteiger partial charge in [0.2, 0.25) is 6.54 Å². The molecular weight excluding hydrogens is 495 g/mol. The van der Waals surface area contributed by atoms with E-state index in [9.17, 15) is 10.1 Å². The monoisotopic (exact) mass is 514 g/mol. The number of thioether (sulfide) groups is 1. The molecule has 7 nitrogen and oxygen atoms in total. The predicted octanol–water partition coefficient (Wildman–Crippen LogP) is 6.57. The summed E-state index contributed by atoms with van der Waals surface area (Å²) in [7, 11) is 0. The van der Waals surface area contributed by atoms with E-state index in [0.29, 0.717) is 32.3 Å². The molecule has 4 rings (SSSR count). The van der Waals surface area contributed by atoms with Crippen LogP contribution in [0.1, 0.15) is 22.2 Å². The maximum absolute atomic E-state index is 11.5. The fraction of sp³-hybridized carbons (Fsp3) is 0.167. The third kappa shape index (κ3) is 5.70. The Labute approximate surface area is 210 Å². The minimum absolute atomic E-state index is 0.255. The maximum Gasteiger partial charge on any atom is 0.220 e. The van der Waals surface area contributed by atoms with Crippen molar-refractivity contribution in [3.05, 3.63) is 110 Å². The Bertz CT molecular complexity index is 1300. The van der Waals surface area contributed by atoms with E-state index >= 15 is 0 Å². The summed E-state index contributed by atoms with van der Waals surface area (Å²) in [5.41, 5.74) is 2.41. The average Bonchev–Trinajstić information content (AvgIpc) is 3.19. The Morgan fingerprint density at radius 1 is 1.03 bits per heavy atom. The van der Waals surface area contributed by atoms with Gasteiger partial charge in [-0.1, -0.05) is 77.4 Å². The summed E-state index contributed by atoms with van der Waals surface area (Å²) in [6, 6.07) is 22.2. The van der Waals surface area contributed by atoms with Crippen LogP contribution in [0.4, 0.5) is 0 Å². The van der Waals surface area contributed by atoms with Crippen molar-refractivity contribution in [3.63, 3.8) is 0 Å². The van der Waals surface area contributed by atoms with E-state index < -0.39 is 5.25 Å². The predicted molar refractivity (Wildman–Crippen MR) is 134 cm³/mol. The molecule has 0 aliphatic carbocycles. The molecule has 0 amide bonds. The summed E-state index contributed by atoms with van der Waals surface area (Å²) < 4.78 is 7.71. The van der Waals surface area contributed by atoms with Crippen LogP contribution in [0.15, 0.2) is 78.0 Å². The highest BCUT2D eigenvalue weighted by molar-refractivity contribution is 7.99. The normalized spacial score (nSPS) is 11.9. The lowest BCUT2D eigenvalue weighted by Crippen LogP contribution is -2.11. The van der Waals surface area contributed by atoms with Crippen LogP contribution in [-0.4, -0.2) is 26.2 Å². The summed E-state index contributed by atoms with van der Waals surface area (Å²) in [5, 5.41) is 20.9. The van der Waals surface area contributed by atoms with Gasteiger partial charge in [-0.15, -0.1) is 10.2 Å². The van der Waals surface area contributed by atoms with Crippen LogP contribution in [0.3, 0.4) is 0 Å². The van der Waals surface area contributed by atoms with Crippen molar-refractivity contribution in [1.29, 1.82) is 0 Å². The van der Waals surface area contributed by atoms with Crippen molar-refractivity contribution < 1.29 is 9.66 Å². The zero-order valence-corrected chi connectivity index (χ0v) is 20.4. The molecule has 4 aromatic rings. The van der Waals surface area contributed by atoms with Gasteiger partial charge >= 0.3 is 0 Å². The van der Waals surface area contributed by atoms with Crippen molar-refractivity contribution in [2.24, 2.45) is 0 Å². The lowest BCUT2D eigenvalue weighted by Gasteiger charge is -2.16. The van der Waals surface area contributed by atoms with Crippen LogP contribution in [-0.2, 0) is 6.61 Å². The molecule has 0 aliphatic heterocycles. The Balaban J connectivity index is 1.57. The zero-order valence-electron chi connectivity index (χ0n) is 18.1. The summed E-state index contributed by atoms with van der Waals surface area (Å²) in [6.07, 6.45) is 0. The molecular formula is C24H20Cl2N4O3S. The number of aromatic nitrogens is 3. The van der Waals surface area contributed by atoms with Gasteiger partial charge in [0.1, 0.15) is 23.4 Å². The van der Waals surface area contributed by atoms with E-state index in [4.69, 9.17) is 27.9 Å². The number of rotatable bonds is 9. The molecule has 0 saturated heterocycles. The fourth-order valence-electron chi connectivity index (χ4n) is 3.37. The second kappa shape index (κ2) is 10.9. The fourth-order valence-corrected chi connectivity index (χ4v) is 4.97. The molecule has 3 aromatic carbocycles. The van der Waals surface area contributed by atoms with E-state index in [1.54, 1.807) is 24.3 Å². The van der Waals surface area contributed by atoms with Crippen LogP contribution >= 0.6 is 35.0 Å². The topological polar surface area (TPSA) is 83.1 Å². The van der Waals surface area contributed by atoms with Gasteiger partial charge in [0.15, 0.2) is 5.16 Å².